The van der Waals surface area contributed by atoms with Gasteiger partial charge in [-0.15, -0.1) is 0 Å². The fraction of sp³-hybridized carbons (Fsp3) is 0.471. The van der Waals surface area contributed by atoms with Crippen molar-refractivity contribution in [1.82, 2.24) is 10.6 Å². The third-order valence-corrected chi connectivity index (χ3v) is 3.37. The zero-order valence-electron chi connectivity index (χ0n) is 13.8. The van der Waals surface area contributed by atoms with E-state index in [0.29, 0.717) is 12.0 Å². The number of carbonyl (C=O) groups excluding carboxylic acids is 2. The van der Waals surface area contributed by atoms with Crippen molar-refractivity contribution in [3.05, 3.63) is 35.4 Å². The molecule has 1 aromatic rings. The molecule has 0 heterocycles. The Morgan fingerprint density at radius 2 is 1.74 bits per heavy atom. The number of hydrogen-bond acceptors (Lipinski definition) is 3. The number of rotatable bonds is 8. The maximum Gasteiger partial charge on any atom is 0.326 e. The largest absolute Gasteiger partial charge is 0.480 e. The molecule has 0 unspecified atom stereocenters. The lowest BCUT2D eigenvalue weighted by atomic mass is 10.0. The predicted molar refractivity (Wildman–Crippen MR) is 87.2 cm³/mol. The number of aryl methyl sites for hydroxylation is 1. The van der Waals surface area contributed by atoms with Crippen molar-refractivity contribution < 1.29 is 19.5 Å². The molecule has 0 bridgehead atoms. The van der Waals surface area contributed by atoms with Crippen LogP contribution in [0.5, 0.6) is 0 Å². The molecule has 0 fully saturated rings. The van der Waals surface area contributed by atoms with E-state index in [1.165, 1.54) is 0 Å². The van der Waals surface area contributed by atoms with Crippen LogP contribution in [0.2, 0.25) is 0 Å². The van der Waals surface area contributed by atoms with Gasteiger partial charge in [0.1, 0.15) is 6.04 Å². The van der Waals surface area contributed by atoms with Gasteiger partial charge >= 0.3 is 5.97 Å². The first-order valence-corrected chi connectivity index (χ1v) is 7.72. The fourth-order valence-electron chi connectivity index (χ4n) is 2.09. The second kappa shape index (κ2) is 8.92. The summed E-state index contributed by atoms with van der Waals surface area (Å²) in [5.41, 5.74) is 1.59. The summed E-state index contributed by atoms with van der Waals surface area (Å²) in [5, 5.41) is 14.0. The van der Waals surface area contributed by atoms with E-state index in [-0.39, 0.29) is 18.4 Å². The topological polar surface area (TPSA) is 95.5 Å². The van der Waals surface area contributed by atoms with Crippen LogP contribution in [-0.4, -0.2) is 35.5 Å². The van der Waals surface area contributed by atoms with Gasteiger partial charge in [0.05, 0.1) is 6.54 Å². The van der Waals surface area contributed by atoms with Gasteiger partial charge in [-0.3, -0.25) is 9.59 Å². The van der Waals surface area contributed by atoms with Gasteiger partial charge in [-0.1, -0.05) is 32.9 Å². The van der Waals surface area contributed by atoms with Crippen molar-refractivity contribution >= 4 is 17.8 Å². The van der Waals surface area contributed by atoms with Crippen LogP contribution >= 0.6 is 0 Å². The Kier molecular flexibility index (Phi) is 7.25. The van der Waals surface area contributed by atoms with Crippen molar-refractivity contribution in [1.29, 1.82) is 0 Å². The lowest BCUT2D eigenvalue weighted by Gasteiger charge is -2.16. The predicted octanol–water partition coefficient (Wildman–Crippen LogP) is 1.59. The second-order valence-corrected chi connectivity index (χ2v) is 5.82. The van der Waals surface area contributed by atoms with Crippen molar-refractivity contribution in [2.45, 2.75) is 39.7 Å². The summed E-state index contributed by atoms with van der Waals surface area (Å²) in [6.07, 6.45) is 1.23. The first-order chi connectivity index (χ1) is 10.8. The maximum atomic E-state index is 11.9. The number of aliphatic carboxylic acids is 1. The quantitative estimate of drug-likeness (QED) is 0.678. The van der Waals surface area contributed by atoms with Crippen molar-refractivity contribution in [2.75, 3.05) is 6.54 Å². The first kappa shape index (κ1) is 18.7. The van der Waals surface area contributed by atoms with Crippen LogP contribution in [0.3, 0.4) is 0 Å². The van der Waals surface area contributed by atoms with E-state index >= 15 is 0 Å². The van der Waals surface area contributed by atoms with Gasteiger partial charge in [-0.05, 0) is 36.5 Å². The molecule has 0 saturated heterocycles. The summed E-state index contributed by atoms with van der Waals surface area (Å²) in [6, 6.07) is 6.18. The molecule has 0 spiro atoms. The summed E-state index contributed by atoms with van der Waals surface area (Å²) < 4.78 is 0. The minimum absolute atomic E-state index is 0.142. The molecule has 0 radical (unpaired) electrons. The molecule has 0 aromatic heterocycles. The third kappa shape index (κ3) is 6.50. The van der Waals surface area contributed by atoms with Crippen molar-refractivity contribution in [2.24, 2.45) is 5.92 Å². The van der Waals surface area contributed by atoms with E-state index in [9.17, 15) is 14.4 Å². The van der Waals surface area contributed by atoms with Gasteiger partial charge in [0.2, 0.25) is 5.91 Å². The molecule has 0 saturated carbocycles. The average molecular weight is 320 g/mol. The Labute approximate surface area is 136 Å². The van der Waals surface area contributed by atoms with Gasteiger partial charge in [0.15, 0.2) is 0 Å². The molecule has 0 aliphatic rings. The number of benzene rings is 1. The van der Waals surface area contributed by atoms with Crippen LogP contribution in [0, 0.1) is 5.92 Å². The number of nitrogens with one attached hydrogen (secondary N) is 2. The zero-order valence-corrected chi connectivity index (χ0v) is 13.8. The number of amides is 2. The summed E-state index contributed by atoms with van der Waals surface area (Å²) in [4.78, 5) is 34.8. The minimum atomic E-state index is -1.08. The van der Waals surface area contributed by atoms with Gasteiger partial charge < -0.3 is 15.7 Å². The maximum absolute atomic E-state index is 11.9. The molecule has 0 aliphatic heterocycles. The van der Waals surface area contributed by atoms with E-state index < -0.39 is 17.9 Å². The summed E-state index contributed by atoms with van der Waals surface area (Å²) in [5.74, 6) is -1.81. The monoisotopic (exact) mass is 320 g/mol. The molecule has 3 N–H and O–H groups in total. The van der Waals surface area contributed by atoms with Crippen LogP contribution < -0.4 is 10.6 Å². The summed E-state index contributed by atoms with van der Waals surface area (Å²) in [7, 11) is 0. The SMILES string of the molecule is CCc1ccc(C(=O)NCC(=O)N[C@@H](CC(C)C)C(=O)O)cc1. The molecule has 1 atom stereocenters. The van der Waals surface area contributed by atoms with Gasteiger partial charge in [0.25, 0.3) is 5.91 Å². The number of carboxylic acid groups (broad SMARTS) is 1. The Morgan fingerprint density at radius 1 is 1.13 bits per heavy atom. The Bertz CT molecular complexity index is 552. The van der Waals surface area contributed by atoms with E-state index in [4.69, 9.17) is 5.11 Å². The Morgan fingerprint density at radius 3 is 2.22 bits per heavy atom. The third-order valence-electron chi connectivity index (χ3n) is 3.37. The molecular weight excluding hydrogens is 296 g/mol. The molecule has 23 heavy (non-hydrogen) atoms. The Balaban J connectivity index is 2.50. The van der Waals surface area contributed by atoms with E-state index in [1.807, 2.05) is 32.9 Å². The van der Waals surface area contributed by atoms with Crippen LogP contribution in [0.15, 0.2) is 24.3 Å². The normalized spacial score (nSPS) is 11.8. The highest BCUT2D eigenvalue weighted by Gasteiger charge is 2.21. The molecule has 6 nitrogen and oxygen atoms in total. The molecule has 1 rings (SSSR count). The molecule has 1 aromatic carbocycles. The van der Waals surface area contributed by atoms with Crippen LogP contribution in [0.1, 0.15) is 43.1 Å². The van der Waals surface area contributed by atoms with E-state index in [2.05, 4.69) is 10.6 Å². The van der Waals surface area contributed by atoms with Crippen molar-refractivity contribution in [3.8, 4) is 0 Å². The number of carbonyl (C=O) groups is 3. The fourth-order valence-corrected chi connectivity index (χ4v) is 2.09. The number of hydrogen-bond donors (Lipinski definition) is 3. The Hall–Kier alpha value is -2.37. The van der Waals surface area contributed by atoms with Crippen LogP contribution in [-0.2, 0) is 16.0 Å². The smallest absolute Gasteiger partial charge is 0.326 e. The lowest BCUT2D eigenvalue weighted by Crippen LogP contribution is -2.46. The molecule has 0 aliphatic carbocycles. The zero-order chi connectivity index (χ0) is 17.4. The highest BCUT2D eigenvalue weighted by molar-refractivity contribution is 5.96. The van der Waals surface area contributed by atoms with Crippen LogP contribution in [0.25, 0.3) is 0 Å². The van der Waals surface area contributed by atoms with Crippen molar-refractivity contribution in [3.63, 3.8) is 0 Å². The summed E-state index contributed by atoms with van der Waals surface area (Å²) >= 11 is 0. The van der Waals surface area contributed by atoms with Crippen LogP contribution in [0.4, 0.5) is 0 Å². The highest BCUT2D eigenvalue weighted by atomic mass is 16.4. The molecule has 2 amide bonds. The molecule has 126 valence electrons. The van der Waals surface area contributed by atoms with Gasteiger partial charge in [-0.25, -0.2) is 4.79 Å². The molecule has 6 heteroatoms. The van der Waals surface area contributed by atoms with Gasteiger partial charge in [-0.2, -0.15) is 0 Å². The summed E-state index contributed by atoms with van der Waals surface area (Å²) in [6.45, 7) is 5.53. The second-order valence-electron chi connectivity index (χ2n) is 5.82. The standard InChI is InChI=1S/C17H24N2O4/c1-4-12-5-7-13(8-6-12)16(21)18-10-15(20)19-14(17(22)23)9-11(2)3/h5-8,11,14H,4,9-10H2,1-3H3,(H,18,21)(H,19,20)(H,22,23)/t14-/m0/s1. The first-order valence-electron chi connectivity index (χ1n) is 7.72. The van der Waals surface area contributed by atoms with E-state index in [0.717, 1.165) is 12.0 Å². The number of carboxylic acids is 1. The van der Waals surface area contributed by atoms with E-state index in [1.54, 1.807) is 12.1 Å². The molecular formula is C17H24N2O4. The van der Waals surface area contributed by atoms with Gasteiger partial charge in [0, 0.05) is 5.56 Å². The lowest BCUT2D eigenvalue weighted by molar-refractivity contribution is -0.142. The minimum Gasteiger partial charge on any atom is -0.480 e. The highest BCUT2D eigenvalue weighted by Crippen LogP contribution is 2.06. The average Bonchev–Trinajstić information content (AvgIpc) is 2.51.